The standard InChI is InChI=1S/C21H23N3O4S2/c1-12(2)20(26)23-21-22-14(4)19(29-21)15-6-5-13(3)18(11-15)30(27,28)24-16-7-9-17(25)10-8-16/h5-12,24-25H,1-4H3,(H,22,23,26). The van der Waals surface area contributed by atoms with Crippen LogP contribution in [-0.4, -0.2) is 24.4 Å². The Hall–Kier alpha value is -2.91. The SMILES string of the molecule is Cc1ccc(-c2sc(NC(=O)C(C)C)nc2C)cc1S(=O)(=O)Nc1ccc(O)cc1. The Morgan fingerprint density at radius 1 is 1.10 bits per heavy atom. The molecule has 0 atom stereocenters. The molecule has 0 aliphatic rings. The van der Waals surface area contributed by atoms with Crippen LogP contribution in [-0.2, 0) is 14.8 Å². The summed E-state index contributed by atoms with van der Waals surface area (Å²) in [5.41, 5.74) is 2.36. The van der Waals surface area contributed by atoms with Gasteiger partial charge in [0, 0.05) is 11.6 Å². The van der Waals surface area contributed by atoms with Crippen LogP contribution in [0.1, 0.15) is 25.1 Å². The predicted octanol–water partition coefficient (Wildman–Crippen LogP) is 4.53. The molecule has 3 rings (SSSR count). The maximum Gasteiger partial charge on any atom is 0.262 e. The summed E-state index contributed by atoms with van der Waals surface area (Å²) in [7, 11) is -3.84. The van der Waals surface area contributed by atoms with Gasteiger partial charge in [-0.1, -0.05) is 37.3 Å². The fourth-order valence-electron chi connectivity index (χ4n) is 2.74. The number of nitrogens with zero attached hydrogens (tertiary/aromatic N) is 1. The Morgan fingerprint density at radius 3 is 2.40 bits per heavy atom. The van der Waals surface area contributed by atoms with Gasteiger partial charge < -0.3 is 10.4 Å². The van der Waals surface area contributed by atoms with Crippen LogP contribution in [0.5, 0.6) is 5.75 Å². The number of phenolic OH excluding ortho intramolecular Hbond substituents is 1. The van der Waals surface area contributed by atoms with Crippen LogP contribution < -0.4 is 10.0 Å². The minimum atomic E-state index is -3.84. The maximum absolute atomic E-state index is 13.0. The lowest BCUT2D eigenvalue weighted by Gasteiger charge is -2.12. The summed E-state index contributed by atoms with van der Waals surface area (Å²) >= 11 is 1.30. The summed E-state index contributed by atoms with van der Waals surface area (Å²) in [5.74, 6) is -0.238. The van der Waals surface area contributed by atoms with E-state index in [4.69, 9.17) is 0 Å². The molecule has 7 nitrogen and oxygen atoms in total. The fraction of sp³-hybridized carbons (Fsp3) is 0.238. The summed E-state index contributed by atoms with van der Waals surface area (Å²) in [5, 5.41) is 12.6. The highest BCUT2D eigenvalue weighted by atomic mass is 32.2. The number of carbonyl (C=O) groups excluding carboxylic acids is 1. The number of aryl methyl sites for hydroxylation is 2. The van der Waals surface area contributed by atoms with Crippen molar-refractivity contribution in [3.8, 4) is 16.2 Å². The molecule has 0 saturated carbocycles. The maximum atomic E-state index is 13.0. The van der Waals surface area contributed by atoms with Crippen molar-refractivity contribution in [1.82, 2.24) is 4.98 Å². The predicted molar refractivity (Wildman–Crippen MR) is 119 cm³/mol. The first kappa shape index (κ1) is 21.8. The molecule has 0 spiro atoms. The quantitative estimate of drug-likeness (QED) is 0.483. The molecule has 2 aromatic carbocycles. The number of hydrogen-bond donors (Lipinski definition) is 3. The van der Waals surface area contributed by atoms with Gasteiger partial charge in [0.05, 0.1) is 15.5 Å². The van der Waals surface area contributed by atoms with E-state index in [1.165, 1.54) is 35.6 Å². The van der Waals surface area contributed by atoms with E-state index in [1.54, 1.807) is 32.9 Å². The molecule has 0 fully saturated rings. The molecular formula is C21H23N3O4S2. The zero-order chi connectivity index (χ0) is 22.1. The van der Waals surface area contributed by atoms with Crippen LogP contribution in [0.2, 0.25) is 0 Å². The number of anilines is 2. The molecule has 30 heavy (non-hydrogen) atoms. The van der Waals surface area contributed by atoms with Crippen molar-refractivity contribution in [2.24, 2.45) is 5.92 Å². The number of carbonyl (C=O) groups is 1. The molecule has 0 bridgehead atoms. The van der Waals surface area contributed by atoms with E-state index in [-0.39, 0.29) is 22.5 Å². The van der Waals surface area contributed by atoms with Gasteiger partial charge >= 0.3 is 0 Å². The van der Waals surface area contributed by atoms with Crippen molar-refractivity contribution in [3.63, 3.8) is 0 Å². The molecule has 158 valence electrons. The molecule has 9 heteroatoms. The molecule has 3 aromatic rings. The highest BCUT2D eigenvalue weighted by molar-refractivity contribution is 7.92. The molecular weight excluding hydrogens is 422 g/mol. The highest BCUT2D eigenvalue weighted by Crippen LogP contribution is 2.35. The van der Waals surface area contributed by atoms with E-state index in [9.17, 15) is 18.3 Å². The minimum absolute atomic E-state index is 0.0529. The van der Waals surface area contributed by atoms with Crippen molar-refractivity contribution >= 4 is 38.1 Å². The average Bonchev–Trinajstić information content (AvgIpc) is 3.03. The van der Waals surface area contributed by atoms with Gasteiger partial charge in [-0.2, -0.15) is 0 Å². The average molecular weight is 446 g/mol. The Bertz CT molecular complexity index is 1180. The summed E-state index contributed by atoms with van der Waals surface area (Å²) in [6, 6.07) is 11.0. The van der Waals surface area contributed by atoms with Crippen molar-refractivity contribution in [2.45, 2.75) is 32.6 Å². The summed E-state index contributed by atoms with van der Waals surface area (Å²) in [6.45, 7) is 7.15. The second kappa shape index (κ2) is 8.45. The Balaban J connectivity index is 1.94. The third-order valence-corrected chi connectivity index (χ3v) is 7.06. The molecule has 3 N–H and O–H groups in total. The number of rotatable bonds is 6. The third kappa shape index (κ3) is 4.80. The Morgan fingerprint density at radius 2 is 1.77 bits per heavy atom. The largest absolute Gasteiger partial charge is 0.508 e. The molecule has 0 saturated heterocycles. The van der Waals surface area contributed by atoms with Gasteiger partial charge in [-0.15, -0.1) is 0 Å². The highest BCUT2D eigenvalue weighted by Gasteiger charge is 2.20. The van der Waals surface area contributed by atoms with Crippen molar-refractivity contribution in [2.75, 3.05) is 10.0 Å². The van der Waals surface area contributed by atoms with Crippen molar-refractivity contribution in [3.05, 3.63) is 53.7 Å². The second-order valence-corrected chi connectivity index (χ2v) is 9.86. The second-order valence-electron chi connectivity index (χ2n) is 7.21. The van der Waals surface area contributed by atoms with Gasteiger partial charge in [-0.05, 0) is 55.3 Å². The topological polar surface area (TPSA) is 108 Å². The zero-order valence-electron chi connectivity index (χ0n) is 17.1. The monoisotopic (exact) mass is 445 g/mol. The van der Waals surface area contributed by atoms with Gasteiger partial charge in [0.15, 0.2) is 5.13 Å². The first-order chi connectivity index (χ1) is 14.1. The lowest BCUT2D eigenvalue weighted by atomic mass is 10.1. The number of benzene rings is 2. The lowest BCUT2D eigenvalue weighted by molar-refractivity contribution is -0.118. The smallest absolute Gasteiger partial charge is 0.262 e. The Kier molecular flexibility index (Phi) is 6.14. The van der Waals surface area contributed by atoms with Crippen molar-refractivity contribution in [1.29, 1.82) is 0 Å². The van der Waals surface area contributed by atoms with E-state index >= 15 is 0 Å². The van der Waals surface area contributed by atoms with Crippen LogP contribution in [0.15, 0.2) is 47.4 Å². The number of hydrogen-bond acceptors (Lipinski definition) is 6. The molecule has 1 heterocycles. The number of phenols is 1. The van der Waals surface area contributed by atoms with Crippen LogP contribution in [0, 0.1) is 19.8 Å². The van der Waals surface area contributed by atoms with E-state index in [1.807, 2.05) is 13.0 Å². The van der Waals surface area contributed by atoms with E-state index in [0.29, 0.717) is 27.6 Å². The van der Waals surface area contributed by atoms with Gasteiger partial charge in [-0.25, -0.2) is 13.4 Å². The lowest BCUT2D eigenvalue weighted by Crippen LogP contribution is -2.17. The normalized spacial score (nSPS) is 11.5. The number of aromatic nitrogens is 1. The van der Waals surface area contributed by atoms with Gasteiger partial charge in [0.2, 0.25) is 5.91 Å². The van der Waals surface area contributed by atoms with Crippen LogP contribution in [0.3, 0.4) is 0 Å². The molecule has 0 unspecified atom stereocenters. The summed E-state index contributed by atoms with van der Waals surface area (Å²) in [6.07, 6.45) is 0. The van der Waals surface area contributed by atoms with E-state index in [2.05, 4.69) is 15.0 Å². The number of sulfonamides is 1. The molecule has 0 aliphatic heterocycles. The Labute approximate surface area is 179 Å². The number of thiazole rings is 1. The van der Waals surface area contributed by atoms with Crippen LogP contribution in [0.25, 0.3) is 10.4 Å². The van der Waals surface area contributed by atoms with E-state index < -0.39 is 10.0 Å². The van der Waals surface area contributed by atoms with Gasteiger partial charge in [0.25, 0.3) is 10.0 Å². The minimum Gasteiger partial charge on any atom is -0.508 e. The fourth-order valence-corrected chi connectivity index (χ4v) is 5.03. The van der Waals surface area contributed by atoms with Gasteiger partial charge in [-0.3, -0.25) is 9.52 Å². The zero-order valence-corrected chi connectivity index (χ0v) is 18.7. The van der Waals surface area contributed by atoms with Crippen LogP contribution >= 0.6 is 11.3 Å². The summed E-state index contributed by atoms with van der Waals surface area (Å²) < 4.78 is 28.4. The number of aromatic hydroxyl groups is 1. The first-order valence-electron chi connectivity index (χ1n) is 9.28. The first-order valence-corrected chi connectivity index (χ1v) is 11.6. The molecule has 1 aromatic heterocycles. The molecule has 0 radical (unpaired) electrons. The number of nitrogens with one attached hydrogen (secondary N) is 2. The summed E-state index contributed by atoms with van der Waals surface area (Å²) in [4.78, 5) is 17.3. The molecule has 1 amide bonds. The van der Waals surface area contributed by atoms with E-state index in [0.717, 1.165) is 4.88 Å². The third-order valence-electron chi connectivity index (χ3n) is 4.41. The van der Waals surface area contributed by atoms with Crippen LogP contribution in [0.4, 0.5) is 10.8 Å². The molecule has 0 aliphatic carbocycles. The van der Waals surface area contributed by atoms with Gasteiger partial charge in [0.1, 0.15) is 5.75 Å². The van der Waals surface area contributed by atoms with Crippen molar-refractivity contribution < 1.29 is 18.3 Å². The number of amides is 1.